The first-order valence-electron chi connectivity index (χ1n) is 10.7. The first-order valence-corrected chi connectivity index (χ1v) is 11.1. The molecule has 0 radical (unpaired) electrons. The van der Waals surface area contributed by atoms with Crippen LogP contribution in [0.1, 0.15) is 45.1 Å². The third-order valence-electron chi connectivity index (χ3n) is 6.00. The van der Waals surface area contributed by atoms with Gasteiger partial charge in [-0.25, -0.2) is 4.79 Å². The van der Waals surface area contributed by atoms with Gasteiger partial charge in [-0.1, -0.05) is 25.4 Å². The second kappa shape index (κ2) is 9.87. The molecule has 3 atom stereocenters. The first kappa shape index (κ1) is 24.6. The molecule has 0 unspecified atom stereocenters. The number of phenolic OH excluding ortho intramolecular Hbond substituents is 1. The largest absolute Gasteiger partial charge is 0.503 e. The van der Waals surface area contributed by atoms with Gasteiger partial charge in [-0.2, -0.15) is 0 Å². The zero-order valence-corrected chi connectivity index (χ0v) is 20.0. The Labute approximate surface area is 197 Å². The van der Waals surface area contributed by atoms with Gasteiger partial charge in [0, 0.05) is 22.9 Å². The average molecular weight is 478 g/mol. The summed E-state index contributed by atoms with van der Waals surface area (Å²) in [5.74, 6) is -3.95. The molecule has 8 nitrogen and oxygen atoms in total. The van der Waals surface area contributed by atoms with Crippen LogP contribution in [0.25, 0.3) is 0 Å². The highest BCUT2D eigenvalue weighted by atomic mass is 35.5. The van der Waals surface area contributed by atoms with Gasteiger partial charge < -0.3 is 24.6 Å². The summed E-state index contributed by atoms with van der Waals surface area (Å²) in [5.41, 5.74) is 2.14. The summed E-state index contributed by atoms with van der Waals surface area (Å²) in [6.45, 7) is 5.64. The van der Waals surface area contributed by atoms with Gasteiger partial charge in [-0.05, 0) is 43.4 Å². The maximum Gasteiger partial charge on any atom is 0.336 e. The number of dihydropyridines is 1. The molecule has 1 aliphatic heterocycles. The fourth-order valence-electron chi connectivity index (χ4n) is 4.47. The van der Waals surface area contributed by atoms with E-state index < -0.39 is 29.6 Å². The minimum Gasteiger partial charge on any atom is -0.503 e. The van der Waals surface area contributed by atoms with Crippen LogP contribution in [0.4, 0.5) is 0 Å². The number of benzene rings is 1. The number of carbonyl (C=O) groups is 3. The molecule has 0 aromatic heterocycles. The topological polar surface area (TPSA) is 111 Å². The summed E-state index contributed by atoms with van der Waals surface area (Å²) in [4.78, 5) is 39.2. The van der Waals surface area contributed by atoms with Gasteiger partial charge in [0.25, 0.3) is 0 Å². The SMILES string of the molecule is CCCOC(=O)C1=C(C)NC2=C(C(=O)[C@H](C(=O)OC)[C@@H](C)C2)[C@@H]1c1cc(Cl)c(O)c(OC)c1. The van der Waals surface area contributed by atoms with Crippen molar-refractivity contribution < 1.29 is 33.7 Å². The van der Waals surface area contributed by atoms with Gasteiger partial charge in [0.1, 0.15) is 5.92 Å². The Morgan fingerprint density at radius 1 is 1.27 bits per heavy atom. The molecule has 9 heteroatoms. The van der Waals surface area contributed by atoms with Crippen molar-refractivity contribution in [3.63, 3.8) is 0 Å². The molecular weight excluding hydrogens is 450 g/mol. The van der Waals surface area contributed by atoms with E-state index in [0.717, 1.165) is 0 Å². The molecule has 2 aliphatic rings. The molecule has 1 aliphatic carbocycles. The number of aromatic hydroxyl groups is 1. The zero-order valence-electron chi connectivity index (χ0n) is 19.3. The lowest BCUT2D eigenvalue weighted by Gasteiger charge is -2.38. The third-order valence-corrected chi connectivity index (χ3v) is 6.29. The van der Waals surface area contributed by atoms with Crippen LogP contribution in [0.3, 0.4) is 0 Å². The summed E-state index contributed by atoms with van der Waals surface area (Å²) in [5, 5.41) is 13.4. The van der Waals surface area contributed by atoms with Crippen molar-refractivity contribution in [2.75, 3.05) is 20.8 Å². The van der Waals surface area contributed by atoms with Gasteiger partial charge in [0.2, 0.25) is 0 Å². The standard InChI is InChI=1S/C24H28ClNO7/c1-6-7-33-24(30)18-12(3)26-15-8-11(2)17(23(29)32-5)22(28)20(15)19(18)13-9-14(25)21(27)16(10-13)31-4/h9-11,17,19,26-27H,6-8H2,1-5H3/t11-,17+,19+/m0/s1. The molecule has 0 saturated carbocycles. The Balaban J connectivity index is 2.24. The molecule has 178 valence electrons. The minimum absolute atomic E-state index is 0.00473. The number of ketones is 1. The second-order valence-electron chi connectivity index (χ2n) is 8.22. The van der Waals surface area contributed by atoms with E-state index in [2.05, 4.69) is 5.32 Å². The van der Waals surface area contributed by atoms with Crippen LogP contribution in [0.2, 0.25) is 5.02 Å². The van der Waals surface area contributed by atoms with Gasteiger partial charge in [0.15, 0.2) is 17.3 Å². The van der Waals surface area contributed by atoms with Crippen LogP contribution in [0.15, 0.2) is 34.7 Å². The Kier molecular flexibility index (Phi) is 7.37. The number of carbonyl (C=O) groups excluding carboxylic acids is 3. The third kappa shape index (κ3) is 4.44. The molecule has 3 rings (SSSR count). The number of ether oxygens (including phenoxy) is 3. The van der Waals surface area contributed by atoms with Crippen LogP contribution in [0, 0.1) is 11.8 Å². The lowest BCUT2D eigenvalue weighted by molar-refractivity contribution is -0.151. The van der Waals surface area contributed by atoms with Crippen molar-refractivity contribution in [3.8, 4) is 11.5 Å². The Morgan fingerprint density at radius 3 is 2.58 bits per heavy atom. The number of phenols is 1. The molecule has 0 spiro atoms. The quantitative estimate of drug-likeness (QED) is 0.472. The molecule has 0 bridgehead atoms. The van der Waals surface area contributed by atoms with E-state index in [0.29, 0.717) is 29.8 Å². The summed E-state index contributed by atoms with van der Waals surface area (Å²) in [6.07, 6.45) is 1.04. The molecule has 1 aromatic rings. The number of halogens is 1. The van der Waals surface area contributed by atoms with Gasteiger partial charge in [0.05, 0.1) is 31.4 Å². The summed E-state index contributed by atoms with van der Waals surface area (Å²) in [6, 6.07) is 3.01. The number of methoxy groups -OCH3 is 2. The predicted molar refractivity (Wildman–Crippen MR) is 121 cm³/mol. The highest BCUT2D eigenvalue weighted by Gasteiger charge is 2.47. The number of hydrogen-bond acceptors (Lipinski definition) is 8. The van der Waals surface area contributed by atoms with E-state index in [1.807, 2.05) is 13.8 Å². The zero-order chi connectivity index (χ0) is 24.4. The number of rotatable bonds is 6. The lowest BCUT2D eigenvalue weighted by Crippen LogP contribution is -2.43. The van der Waals surface area contributed by atoms with Gasteiger partial charge >= 0.3 is 11.9 Å². The average Bonchev–Trinajstić information content (AvgIpc) is 2.77. The minimum atomic E-state index is -1.00. The molecule has 1 heterocycles. The van der Waals surface area contributed by atoms with E-state index in [1.165, 1.54) is 26.4 Å². The van der Waals surface area contributed by atoms with Crippen LogP contribution in [-0.2, 0) is 23.9 Å². The predicted octanol–water partition coefficient (Wildman–Crippen LogP) is 3.62. The highest BCUT2D eigenvalue weighted by molar-refractivity contribution is 6.32. The van der Waals surface area contributed by atoms with Crippen molar-refractivity contribution in [2.45, 2.75) is 39.5 Å². The van der Waals surface area contributed by atoms with Crippen LogP contribution < -0.4 is 10.1 Å². The number of hydrogen-bond donors (Lipinski definition) is 2. The Morgan fingerprint density at radius 2 is 1.97 bits per heavy atom. The number of allylic oxidation sites excluding steroid dienone is 3. The van der Waals surface area contributed by atoms with Crippen molar-refractivity contribution in [3.05, 3.63) is 45.3 Å². The maximum absolute atomic E-state index is 13.7. The number of nitrogens with one attached hydrogen (secondary N) is 1. The fourth-order valence-corrected chi connectivity index (χ4v) is 4.69. The van der Waals surface area contributed by atoms with E-state index in [1.54, 1.807) is 6.92 Å². The van der Waals surface area contributed by atoms with E-state index in [4.69, 9.17) is 25.8 Å². The maximum atomic E-state index is 13.7. The van der Waals surface area contributed by atoms with Crippen LogP contribution >= 0.6 is 11.6 Å². The van der Waals surface area contributed by atoms with E-state index >= 15 is 0 Å². The summed E-state index contributed by atoms with van der Waals surface area (Å²) in [7, 11) is 2.62. The molecule has 1 aromatic carbocycles. The fraction of sp³-hybridized carbons (Fsp3) is 0.458. The number of esters is 2. The number of Topliss-reactive ketones (excluding diaryl/α,β-unsaturated/α-hetero) is 1. The first-order chi connectivity index (χ1) is 15.7. The molecule has 0 saturated heterocycles. The lowest BCUT2D eigenvalue weighted by atomic mass is 9.69. The molecule has 2 N–H and O–H groups in total. The molecular formula is C24H28ClNO7. The van der Waals surface area contributed by atoms with Crippen molar-refractivity contribution >= 4 is 29.3 Å². The van der Waals surface area contributed by atoms with Crippen molar-refractivity contribution in [1.29, 1.82) is 0 Å². The monoisotopic (exact) mass is 477 g/mol. The summed E-state index contributed by atoms with van der Waals surface area (Å²) >= 11 is 6.25. The van der Waals surface area contributed by atoms with Crippen molar-refractivity contribution in [2.24, 2.45) is 11.8 Å². The van der Waals surface area contributed by atoms with Crippen LogP contribution in [0.5, 0.6) is 11.5 Å². The molecule has 0 fully saturated rings. The summed E-state index contributed by atoms with van der Waals surface area (Å²) < 4.78 is 15.6. The Bertz CT molecular complexity index is 1060. The molecule has 0 amide bonds. The smallest absolute Gasteiger partial charge is 0.336 e. The van der Waals surface area contributed by atoms with Gasteiger partial charge in [-0.15, -0.1) is 0 Å². The second-order valence-corrected chi connectivity index (χ2v) is 8.63. The van der Waals surface area contributed by atoms with E-state index in [9.17, 15) is 19.5 Å². The van der Waals surface area contributed by atoms with Crippen molar-refractivity contribution in [1.82, 2.24) is 5.32 Å². The van der Waals surface area contributed by atoms with E-state index in [-0.39, 0.29) is 40.2 Å². The normalized spacial score (nSPS) is 22.5. The van der Waals surface area contributed by atoms with Crippen LogP contribution in [-0.4, -0.2) is 43.7 Å². The van der Waals surface area contributed by atoms with Gasteiger partial charge in [-0.3, -0.25) is 9.59 Å². The highest BCUT2D eigenvalue weighted by Crippen LogP contribution is 2.48. The Hall–Kier alpha value is -3.00. The molecule has 33 heavy (non-hydrogen) atoms.